The maximum Gasteiger partial charge on any atom is 0.241 e. The molecule has 2 N–H and O–H groups in total. The summed E-state index contributed by atoms with van der Waals surface area (Å²) >= 11 is 0. The third kappa shape index (κ3) is 8.64. The van der Waals surface area contributed by atoms with Crippen LogP contribution >= 0.6 is 24.0 Å². The van der Waals surface area contributed by atoms with Crippen molar-refractivity contribution in [3.8, 4) is 5.75 Å². The number of amides is 1. The Bertz CT molecular complexity index is 657. The van der Waals surface area contributed by atoms with Crippen molar-refractivity contribution >= 4 is 35.8 Å². The molecule has 1 amide bonds. The number of carbonyl (C=O) groups excluding carboxylic acids is 1. The van der Waals surface area contributed by atoms with E-state index in [0.29, 0.717) is 25.0 Å². The van der Waals surface area contributed by atoms with E-state index in [1.54, 1.807) is 25.1 Å². The predicted octanol–water partition coefficient (Wildman–Crippen LogP) is 2.71. The van der Waals surface area contributed by atoms with E-state index in [4.69, 9.17) is 4.74 Å². The zero-order valence-electron chi connectivity index (χ0n) is 16.5. The minimum absolute atomic E-state index is 0. The van der Waals surface area contributed by atoms with Crippen LogP contribution in [0.1, 0.15) is 24.0 Å². The molecule has 0 spiro atoms. The maximum atomic E-state index is 11.8. The standard InChI is InChI=1S/C20H30N4O2.HI/c1-5-10-21-20(23-13-19(25)24(3)4)22-12-17-9-6-15(2)11-18(17)26-14-16-7-8-16;/h5-6,9,11,16H,1,7-8,10,12-14H2,2-4H3,(H2,21,22,23);1H. The molecule has 0 unspecified atom stereocenters. The first-order valence-corrected chi connectivity index (χ1v) is 9.05. The van der Waals surface area contributed by atoms with Gasteiger partial charge >= 0.3 is 0 Å². The van der Waals surface area contributed by atoms with Crippen molar-refractivity contribution in [2.75, 3.05) is 33.8 Å². The molecule has 1 aliphatic carbocycles. The Morgan fingerprint density at radius 1 is 1.37 bits per heavy atom. The van der Waals surface area contributed by atoms with Crippen LogP contribution in [0.15, 0.2) is 35.8 Å². The highest BCUT2D eigenvalue weighted by molar-refractivity contribution is 14.0. The number of ether oxygens (including phenoxy) is 1. The van der Waals surface area contributed by atoms with Crippen molar-refractivity contribution in [1.82, 2.24) is 15.5 Å². The summed E-state index contributed by atoms with van der Waals surface area (Å²) in [7, 11) is 3.46. The molecule has 0 heterocycles. The number of hydrogen-bond acceptors (Lipinski definition) is 3. The zero-order chi connectivity index (χ0) is 18.9. The van der Waals surface area contributed by atoms with Crippen LogP contribution in [-0.2, 0) is 11.3 Å². The summed E-state index contributed by atoms with van der Waals surface area (Å²) in [6.07, 6.45) is 4.28. The van der Waals surface area contributed by atoms with Crippen LogP contribution in [0.25, 0.3) is 0 Å². The molecule has 0 radical (unpaired) electrons. The highest BCUT2D eigenvalue weighted by Crippen LogP contribution is 2.30. The summed E-state index contributed by atoms with van der Waals surface area (Å²) in [6, 6.07) is 6.18. The highest BCUT2D eigenvalue weighted by atomic mass is 127. The van der Waals surface area contributed by atoms with Gasteiger partial charge in [0.15, 0.2) is 5.96 Å². The van der Waals surface area contributed by atoms with E-state index in [1.165, 1.54) is 18.4 Å². The number of nitrogens with one attached hydrogen (secondary N) is 2. The monoisotopic (exact) mass is 486 g/mol. The molecule has 2 rings (SSSR count). The van der Waals surface area contributed by atoms with E-state index in [0.717, 1.165) is 17.9 Å². The third-order valence-corrected chi connectivity index (χ3v) is 4.12. The largest absolute Gasteiger partial charge is 0.493 e. The Balaban J connectivity index is 0.00000364. The smallest absolute Gasteiger partial charge is 0.241 e. The summed E-state index contributed by atoms with van der Waals surface area (Å²) in [5.74, 6) is 2.17. The zero-order valence-corrected chi connectivity index (χ0v) is 18.8. The average molecular weight is 486 g/mol. The number of aryl methyl sites for hydroxylation is 1. The highest BCUT2D eigenvalue weighted by Gasteiger charge is 2.22. The van der Waals surface area contributed by atoms with Crippen LogP contribution in [0.3, 0.4) is 0 Å². The van der Waals surface area contributed by atoms with Crippen molar-refractivity contribution in [2.45, 2.75) is 26.3 Å². The van der Waals surface area contributed by atoms with Crippen LogP contribution in [0.2, 0.25) is 0 Å². The van der Waals surface area contributed by atoms with E-state index in [-0.39, 0.29) is 36.4 Å². The molecule has 7 heteroatoms. The molecule has 0 saturated heterocycles. The van der Waals surface area contributed by atoms with Gasteiger partial charge in [0.1, 0.15) is 5.75 Å². The van der Waals surface area contributed by atoms with Crippen LogP contribution < -0.4 is 15.4 Å². The number of guanidine groups is 1. The quantitative estimate of drug-likeness (QED) is 0.244. The number of nitrogens with zero attached hydrogens (tertiary/aromatic N) is 2. The molecule has 27 heavy (non-hydrogen) atoms. The molecule has 0 atom stereocenters. The molecule has 0 aromatic heterocycles. The molecule has 6 nitrogen and oxygen atoms in total. The Morgan fingerprint density at radius 2 is 2.11 bits per heavy atom. The first kappa shape index (κ1) is 23.3. The van der Waals surface area contributed by atoms with Crippen molar-refractivity contribution < 1.29 is 9.53 Å². The van der Waals surface area contributed by atoms with Crippen molar-refractivity contribution in [3.63, 3.8) is 0 Å². The van der Waals surface area contributed by atoms with Gasteiger partial charge in [0.05, 0.1) is 19.7 Å². The molecule has 0 aliphatic heterocycles. The molecule has 1 fully saturated rings. The Labute approximate surface area is 179 Å². The Kier molecular flexibility index (Phi) is 10.2. The lowest BCUT2D eigenvalue weighted by atomic mass is 10.1. The van der Waals surface area contributed by atoms with Crippen molar-refractivity contribution in [2.24, 2.45) is 10.9 Å². The predicted molar refractivity (Wildman–Crippen MR) is 121 cm³/mol. The summed E-state index contributed by atoms with van der Waals surface area (Å²) in [4.78, 5) is 17.9. The van der Waals surface area contributed by atoms with Crippen LogP contribution in [-0.4, -0.2) is 50.6 Å². The van der Waals surface area contributed by atoms with E-state index in [1.807, 2.05) is 0 Å². The van der Waals surface area contributed by atoms with E-state index < -0.39 is 0 Å². The second-order valence-corrected chi connectivity index (χ2v) is 6.84. The molecule has 1 aromatic rings. The normalized spacial score (nSPS) is 13.4. The van der Waals surface area contributed by atoms with Gasteiger partial charge in [0.25, 0.3) is 0 Å². The second-order valence-electron chi connectivity index (χ2n) is 6.84. The molecule has 0 bridgehead atoms. The molecular formula is C20H31IN4O2. The number of aliphatic imine (C=N–C) groups is 1. The first-order chi connectivity index (χ1) is 12.5. The minimum Gasteiger partial charge on any atom is -0.493 e. The Morgan fingerprint density at radius 3 is 2.74 bits per heavy atom. The number of benzene rings is 1. The molecule has 1 saturated carbocycles. The summed E-state index contributed by atoms with van der Waals surface area (Å²) in [6.45, 7) is 7.77. The van der Waals surface area contributed by atoms with Gasteiger partial charge in [0.2, 0.25) is 5.91 Å². The van der Waals surface area contributed by atoms with Gasteiger partial charge in [-0.1, -0.05) is 18.2 Å². The first-order valence-electron chi connectivity index (χ1n) is 9.05. The minimum atomic E-state index is -0.0121. The summed E-state index contributed by atoms with van der Waals surface area (Å²) in [5, 5.41) is 6.19. The molecular weight excluding hydrogens is 455 g/mol. The van der Waals surface area contributed by atoms with Gasteiger partial charge < -0.3 is 20.3 Å². The molecule has 1 aromatic carbocycles. The maximum absolute atomic E-state index is 11.8. The average Bonchev–Trinajstić information content (AvgIpc) is 3.44. The fourth-order valence-electron chi connectivity index (χ4n) is 2.24. The number of carbonyl (C=O) groups is 1. The second kappa shape index (κ2) is 11.8. The number of halogens is 1. The van der Waals surface area contributed by atoms with Crippen LogP contribution in [0, 0.1) is 12.8 Å². The lowest BCUT2D eigenvalue weighted by molar-refractivity contribution is -0.127. The molecule has 150 valence electrons. The topological polar surface area (TPSA) is 66.0 Å². The van der Waals surface area contributed by atoms with Crippen molar-refractivity contribution in [3.05, 3.63) is 42.0 Å². The number of likely N-dealkylation sites (N-methyl/N-ethyl adjacent to an activating group) is 1. The van der Waals surface area contributed by atoms with Gasteiger partial charge in [0, 0.05) is 26.2 Å². The van der Waals surface area contributed by atoms with E-state index in [9.17, 15) is 4.79 Å². The fourth-order valence-corrected chi connectivity index (χ4v) is 2.24. The molecule has 1 aliphatic rings. The number of hydrogen-bond donors (Lipinski definition) is 2. The fraction of sp³-hybridized carbons (Fsp3) is 0.500. The lowest BCUT2D eigenvalue weighted by Crippen LogP contribution is -2.43. The van der Waals surface area contributed by atoms with Gasteiger partial charge in [-0.2, -0.15) is 0 Å². The van der Waals surface area contributed by atoms with Crippen LogP contribution in [0.4, 0.5) is 0 Å². The van der Waals surface area contributed by atoms with Crippen molar-refractivity contribution in [1.29, 1.82) is 0 Å². The van der Waals surface area contributed by atoms with E-state index >= 15 is 0 Å². The summed E-state index contributed by atoms with van der Waals surface area (Å²) in [5.41, 5.74) is 2.21. The van der Waals surface area contributed by atoms with Gasteiger partial charge in [-0.15, -0.1) is 30.6 Å². The third-order valence-electron chi connectivity index (χ3n) is 4.12. The Hall–Kier alpha value is -1.77. The van der Waals surface area contributed by atoms with Gasteiger partial charge in [-0.25, -0.2) is 4.99 Å². The lowest BCUT2D eigenvalue weighted by Gasteiger charge is -2.15. The number of rotatable bonds is 9. The van der Waals surface area contributed by atoms with Gasteiger partial charge in [-0.3, -0.25) is 4.79 Å². The van der Waals surface area contributed by atoms with Crippen LogP contribution in [0.5, 0.6) is 5.75 Å². The van der Waals surface area contributed by atoms with E-state index in [2.05, 4.69) is 47.3 Å². The van der Waals surface area contributed by atoms with Gasteiger partial charge in [-0.05, 0) is 37.3 Å². The SMILES string of the molecule is C=CCNC(=NCc1ccc(C)cc1OCC1CC1)NCC(=O)N(C)C.I. The summed E-state index contributed by atoms with van der Waals surface area (Å²) < 4.78 is 6.00.